The minimum Gasteiger partial charge on any atom is -0.480 e. The molecular formula is C44H70N12O11S. The summed E-state index contributed by atoms with van der Waals surface area (Å²) in [7, 11) is 0. The van der Waals surface area contributed by atoms with Gasteiger partial charge in [-0.3, -0.25) is 43.3 Å². The molecule has 0 bridgehead atoms. The van der Waals surface area contributed by atoms with Crippen LogP contribution in [0.3, 0.4) is 0 Å². The molecule has 1 aliphatic rings. The summed E-state index contributed by atoms with van der Waals surface area (Å²) in [6.07, 6.45) is 7.84. The number of nitrogens with one attached hydrogen (secondary N) is 8. The molecule has 3 rings (SSSR count). The molecule has 0 spiro atoms. The first-order chi connectivity index (χ1) is 32.3. The number of rotatable bonds is 32. The van der Waals surface area contributed by atoms with Crippen molar-refractivity contribution in [3.63, 3.8) is 0 Å². The summed E-state index contributed by atoms with van der Waals surface area (Å²) in [4.78, 5) is 131. The molecule has 1 saturated heterocycles. The van der Waals surface area contributed by atoms with Gasteiger partial charge in [-0.15, -0.1) is 11.8 Å². The van der Waals surface area contributed by atoms with E-state index in [0.29, 0.717) is 44.3 Å². The van der Waals surface area contributed by atoms with Gasteiger partial charge >= 0.3 is 5.97 Å². The molecule has 0 radical (unpaired) electrons. The number of likely N-dealkylation sites (tertiary alicyclic amines) is 1. The lowest BCUT2D eigenvalue weighted by molar-refractivity contribution is -0.143. The van der Waals surface area contributed by atoms with E-state index in [-0.39, 0.29) is 92.8 Å². The van der Waals surface area contributed by atoms with Crippen LogP contribution in [0.25, 0.3) is 0 Å². The first-order valence-electron chi connectivity index (χ1n) is 23.1. The fourth-order valence-corrected chi connectivity index (χ4v) is 8.06. The van der Waals surface area contributed by atoms with Gasteiger partial charge < -0.3 is 57.8 Å². The van der Waals surface area contributed by atoms with Gasteiger partial charge in [-0.2, -0.15) is 0 Å². The Hall–Kier alpha value is -5.88. The molecular weight excluding hydrogens is 905 g/mol. The van der Waals surface area contributed by atoms with Gasteiger partial charge in [0.2, 0.25) is 47.3 Å². The molecule has 12 N–H and O–H groups in total. The van der Waals surface area contributed by atoms with Gasteiger partial charge in [-0.1, -0.05) is 34.1 Å². The van der Waals surface area contributed by atoms with Crippen molar-refractivity contribution in [3.05, 3.63) is 36.4 Å². The number of aliphatic hydroxyl groups is 1. The van der Waals surface area contributed by atoms with E-state index in [1.54, 1.807) is 26.4 Å². The van der Waals surface area contributed by atoms with Crippen LogP contribution >= 0.6 is 11.8 Å². The van der Waals surface area contributed by atoms with Crippen molar-refractivity contribution in [2.75, 3.05) is 25.4 Å². The second kappa shape index (κ2) is 29.1. The summed E-state index contributed by atoms with van der Waals surface area (Å²) in [5, 5.41) is 35.5. The number of hydrogen-bond acceptors (Lipinski definition) is 14. The summed E-state index contributed by atoms with van der Waals surface area (Å²) in [5.74, 6) is -5.79. The predicted molar refractivity (Wildman–Crippen MR) is 250 cm³/mol. The number of imide groups is 1. The maximum absolute atomic E-state index is 13.7. The molecule has 23 nitrogen and oxygen atoms in total. The zero-order valence-electron chi connectivity index (χ0n) is 39.5. The SMILES string of the molecule is CC(C)CC(NC(=O)C(Cc1cnc[nH]1)NC(=O)C(N)C(C)C)C(=O)NC(C(=O)NC(CCCCNC(=O)CCCCCN1C(=O)CC(SCC(=O)NCCc2cnc[nH]2)C1=O)C(=O)O)C(C)O. The number of nitrogens with zero attached hydrogens (tertiary/aromatic N) is 3. The number of aliphatic hydroxyl groups excluding tert-OH is 1. The summed E-state index contributed by atoms with van der Waals surface area (Å²) in [5.41, 5.74) is 7.43. The number of thioether (sulfide) groups is 1. The van der Waals surface area contributed by atoms with Crippen molar-refractivity contribution in [3.8, 4) is 0 Å². The lowest BCUT2D eigenvalue weighted by Gasteiger charge is -2.28. The third-order valence-electron chi connectivity index (χ3n) is 11.1. The van der Waals surface area contributed by atoms with E-state index in [4.69, 9.17) is 5.73 Å². The van der Waals surface area contributed by atoms with Crippen molar-refractivity contribution in [1.82, 2.24) is 56.7 Å². The predicted octanol–water partition coefficient (Wildman–Crippen LogP) is -0.824. The minimum atomic E-state index is -1.60. The average Bonchev–Trinajstić information content (AvgIpc) is 4.06. The molecule has 1 fully saturated rings. The Morgan fingerprint density at radius 3 is 2.03 bits per heavy atom. The van der Waals surface area contributed by atoms with E-state index in [2.05, 4.69) is 51.8 Å². The van der Waals surface area contributed by atoms with E-state index in [9.17, 15) is 53.4 Å². The Kier molecular flexibility index (Phi) is 24.2. The second-order valence-electron chi connectivity index (χ2n) is 17.6. The Bertz CT molecular complexity index is 1970. The molecule has 68 heavy (non-hydrogen) atoms. The number of unbranched alkanes of at least 4 members (excludes halogenated alkanes) is 3. The standard InChI is InChI=1S/C44H70N12O11S/c1-25(2)17-31(53-39(61)32(18-29-21-47-24-51-29)54-41(63)37(45)26(3)4)40(62)55-38(27(5)57)42(64)52-30(44(66)67)11-8-9-14-48-34(58)12-7-6-10-16-56-36(60)19-33(43(56)65)68-22-35(59)49-15-13-28-20-46-23-50-28/h20-21,23-27,30-33,37-38,57H,6-19,22,45H2,1-5H3,(H,46,50)(H,47,51)(H,48,58)(H,49,59)(H,52,64)(H,53,61)(H,54,63)(H,55,62)(H,66,67). The van der Waals surface area contributed by atoms with Crippen LogP contribution in [0.5, 0.6) is 0 Å². The topological polar surface area (TPSA) is 353 Å². The summed E-state index contributed by atoms with van der Waals surface area (Å²) in [6, 6.07) is -6.28. The van der Waals surface area contributed by atoms with Crippen LogP contribution < -0.4 is 37.6 Å². The summed E-state index contributed by atoms with van der Waals surface area (Å²) in [6.45, 7) is 9.25. The highest BCUT2D eigenvalue weighted by Gasteiger charge is 2.39. The molecule has 7 atom stereocenters. The molecule has 378 valence electrons. The number of aliphatic carboxylic acids is 1. The highest BCUT2D eigenvalue weighted by Crippen LogP contribution is 2.25. The Labute approximate surface area is 400 Å². The summed E-state index contributed by atoms with van der Waals surface area (Å²) < 4.78 is 0. The lowest BCUT2D eigenvalue weighted by Crippen LogP contribution is -2.61. The number of carboxylic acid groups (broad SMARTS) is 1. The Morgan fingerprint density at radius 1 is 0.779 bits per heavy atom. The number of hydrogen-bond donors (Lipinski definition) is 11. The van der Waals surface area contributed by atoms with Gasteiger partial charge in [0, 0.05) is 69.1 Å². The minimum absolute atomic E-state index is 0.00273. The smallest absolute Gasteiger partial charge is 0.326 e. The van der Waals surface area contributed by atoms with Crippen LogP contribution in [0.4, 0.5) is 0 Å². The number of aromatic amines is 2. The maximum atomic E-state index is 13.7. The van der Waals surface area contributed by atoms with E-state index >= 15 is 0 Å². The zero-order valence-corrected chi connectivity index (χ0v) is 40.3. The lowest BCUT2D eigenvalue weighted by atomic mass is 10.0. The van der Waals surface area contributed by atoms with Gasteiger partial charge in [0.1, 0.15) is 24.2 Å². The third kappa shape index (κ3) is 19.8. The summed E-state index contributed by atoms with van der Waals surface area (Å²) >= 11 is 1.14. The molecule has 7 unspecified atom stereocenters. The highest BCUT2D eigenvalue weighted by atomic mass is 32.2. The van der Waals surface area contributed by atoms with Crippen molar-refractivity contribution >= 4 is 65.0 Å². The van der Waals surface area contributed by atoms with Gasteiger partial charge in [-0.25, -0.2) is 14.8 Å². The van der Waals surface area contributed by atoms with E-state index < -0.39 is 71.2 Å². The molecule has 3 heterocycles. The number of nitrogens with two attached hydrogens (primary N) is 1. The van der Waals surface area contributed by atoms with Crippen molar-refractivity contribution in [2.24, 2.45) is 17.6 Å². The molecule has 0 saturated carbocycles. The van der Waals surface area contributed by atoms with Gasteiger partial charge in [0.05, 0.1) is 35.8 Å². The molecule has 1 aliphatic heterocycles. The van der Waals surface area contributed by atoms with Crippen LogP contribution in [-0.2, 0) is 56.0 Å². The number of carboxylic acids is 1. The van der Waals surface area contributed by atoms with Gasteiger partial charge in [-0.05, 0) is 57.3 Å². The quantitative estimate of drug-likeness (QED) is 0.0315. The number of amides is 8. The largest absolute Gasteiger partial charge is 0.480 e. The monoisotopic (exact) mass is 975 g/mol. The van der Waals surface area contributed by atoms with Crippen molar-refractivity contribution in [1.29, 1.82) is 0 Å². The van der Waals surface area contributed by atoms with Gasteiger partial charge in [0.15, 0.2) is 0 Å². The third-order valence-corrected chi connectivity index (χ3v) is 12.3. The molecule has 2 aromatic rings. The second-order valence-corrected chi connectivity index (χ2v) is 18.8. The van der Waals surface area contributed by atoms with Crippen LogP contribution in [0.1, 0.15) is 104 Å². The zero-order chi connectivity index (χ0) is 50.3. The number of H-pyrrole nitrogens is 2. The van der Waals surface area contributed by atoms with Crippen molar-refractivity contribution in [2.45, 2.75) is 147 Å². The highest BCUT2D eigenvalue weighted by molar-refractivity contribution is 8.01. The Morgan fingerprint density at radius 2 is 1.41 bits per heavy atom. The number of carbonyl (C=O) groups is 9. The van der Waals surface area contributed by atoms with E-state index in [1.165, 1.54) is 24.3 Å². The van der Waals surface area contributed by atoms with E-state index in [1.807, 2.05) is 13.8 Å². The average molecular weight is 975 g/mol. The van der Waals surface area contributed by atoms with Crippen molar-refractivity contribution < 1.29 is 53.4 Å². The number of carbonyl (C=O) groups excluding carboxylic acids is 8. The van der Waals surface area contributed by atoms with E-state index in [0.717, 1.165) is 17.5 Å². The van der Waals surface area contributed by atoms with Crippen LogP contribution in [0.15, 0.2) is 25.0 Å². The molecule has 2 aromatic heterocycles. The van der Waals surface area contributed by atoms with Gasteiger partial charge in [0.25, 0.3) is 0 Å². The fourth-order valence-electron chi connectivity index (χ4n) is 7.07. The van der Waals surface area contributed by atoms with Crippen LogP contribution in [0, 0.1) is 11.8 Å². The molecule has 0 aromatic carbocycles. The fraction of sp³-hybridized carbons (Fsp3) is 0.659. The van der Waals surface area contributed by atoms with Crippen LogP contribution in [-0.4, -0.2) is 155 Å². The first kappa shape index (κ1) is 56.4. The Balaban J connectivity index is 1.39. The van der Waals surface area contributed by atoms with Crippen LogP contribution in [0.2, 0.25) is 0 Å². The number of imidazole rings is 2. The molecule has 8 amide bonds. The molecule has 24 heteroatoms. The maximum Gasteiger partial charge on any atom is 0.326 e. The first-order valence-corrected chi connectivity index (χ1v) is 24.1. The number of aromatic nitrogens is 4. The normalized spacial score (nSPS) is 16.4. The molecule has 0 aliphatic carbocycles.